The van der Waals surface area contributed by atoms with Gasteiger partial charge >= 0.3 is 0 Å². The topological polar surface area (TPSA) is 53.2 Å². The highest BCUT2D eigenvalue weighted by Gasteiger charge is 2.31. The molecule has 0 aromatic heterocycles. The summed E-state index contributed by atoms with van der Waals surface area (Å²) in [4.78, 5) is 0. The van der Waals surface area contributed by atoms with E-state index in [2.05, 4.69) is 24.8 Å². The summed E-state index contributed by atoms with van der Waals surface area (Å²) < 4.78 is 5.71. The monoisotopic (exact) mass is 305 g/mol. The normalized spacial score (nSPS) is 19.2. The summed E-state index contributed by atoms with van der Waals surface area (Å²) in [5.41, 5.74) is 3.76. The van der Waals surface area contributed by atoms with Crippen molar-refractivity contribution in [2.45, 2.75) is 18.6 Å². The molecule has 0 fully saturated rings. The van der Waals surface area contributed by atoms with Crippen LogP contribution < -0.4 is 0 Å². The van der Waals surface area contributed by atoms with E-state index >= 15 is 0 Å². The fourth-order valence-electron chi connectivity index (χ4n) is 3.22. The minimum absolute atomic E-state index is 0.0723. The molecule has 0 saturated carbocycles. The number of nitriles is 1. The molecule has 0 aliphatic carbocycles. The SMILES string of the molecule is C=CC(C(O)c1ccc(C#N)cc1)C1COCc2ccccc21. The van der Waals surface area contributed by atoms with E-state index in [9.17, 15) is 5.11 Å². The maximum Gasteiger partial charge on any atom is 0.0991 e. The largest absolute Gasteiger partial charge is 0.388 e. The zero-order valence-corrected chi connectivity index (χ0v) is 12.9. The lowest BCUT2D eigenvalue weighted by molar-refractivity contribution is 0.0454. The molecule has 3 atom stereocenters. The van der Waals surface area contributed by atoms with E-state index < -0.39 is 6.10 Å². The molecular weight excluding hydrogens is 286 g/mol. The van der Waals surface area contributed by atoms with E-state index in [4.69, 9.17) is 10.00 Å². The Hall–Kier alpha value is -2.41. The molecule has 3 heteroatoms. The van der Waals surface area contributed by atoms with Gasteiger partial charge < -0.3 is 9.84 Å². The second-order valence-electron chi connectivity index (χ2n) is 5.81. The van der Waals surface area contributed by atoms with Crippen LogP contribution in [0.3, 0.4) is 0 Å². The average molecular weight is 305 g/mol. The van der Waals surface area contributed by atoms with Crippen LogP contribution in [0.4, 0.5) is 0 Å². The molecule has 2 aromatic carbocycles. The molecule has 3 rings (SSSR count). The van der Waals surface area contributed by atoms with Gasteiger partial charge in [0, 0.05) is 11.8 Å². The molecule has 1 heterocycles. The predicted octanol–water partition coefficient (Wildman–Crippen LogP) is 3.71. The summed E-state index contributed by atoms with van der Waals surface area (Å²) >= 11 is 0. The lowest BCUT2D eigenvalue weighted by atomic mass is 9.78. The number of hydrogen-bond acceptors (Lipinski definition) is 3. The Bertz CT molecular complexity index is 730. The third kappa shape index (κ3) is 3.05. The molecule has 23 heavy (non-hydrogen) atoms. The van der Waals surface area contributed by atoms with Gasteiger partial charge in [0.05, 0.1) is 31.0 Å². The zero-order valence-electron chi connectivity index (χ0n) is 12.9. The van der Waals surface area contributed by atoms with Gasteiger partial charge in [-0.05, 0) is 28.8 Å². The summed E-state index contributed by atoms with van der Waals surface area (Å²) in [7, 11) is 0. The number of rotatable bonds is 4. The summed E-state index contributed by atoms with van der Waals surface area (Å²) in [5, 5.41) is 19.7. The van der Waals surface area contributed by atoms with Gasteiger partial charge in [-0.2, -0.15) is 5.26 Å². The van der Waals surface area contributed by atoms with Gasteiger partial charge in [0.1, 0.15) is 0 Å². The van der Waals surface area contributed by atoms with Gasteiger partial charge in [-0.25, -0.2) is 0 Å². The van der Waals surface area contributed by atoms with Crippen molar-refractivity contribution < 1.29 is 9.84 Å². The predicted molar refractivity (Wildman–Crippen MR) is 88.6 cm³/mol. The van der Waals surface area contributed by atoms with Crippen LogP contribution in [0.1, 0.15) is 34.3 Å². The quantitative estimate of drug-likeness (QED) is 0.876. The molecule has 116 valence electrons. The molecule has 1 aliphatic heterocycles. The van der Waals surface area contributed by atoms with Crippen molar-refractivity contribution >= 4 is 0 Å². The van der Waals surface area contributed by atoms with Gasteiger partial charge in [-0.15, -0.1) is 6.58 Å². The third-order valence-corrected chi connectivity index (χ3v) is 4.49. The molecule has 1 N–H and O–H groups in total. The first kappa shape index (κ1) is 15.5. The van der Waals surface area contributed by atoms with Crippen LogP contribution in [-0.2, 0) is 11.3 Å². The molecule has 2 aromatic rings. The van der Waals surface area contributed by atoms with Crippen molar-refractivity contribution in [3.05, 3.63) is 83.4 Å². The number of benzene rings is 2. The summed E-state index contributed by atoms with van der Waals surface area (Å²) in [6, 6.07) is 17.3. The standard InChI is InChI=1S/C20H19NO2/c1-2-17(20(22)15-9-7-14(11-21)8-10-15)19-13-23-12-16-5-3-4-6-18(16)19/h2-10,17,19-20,22H,1,12-13H2. The van der Waals surface area contributed by atoms with Crippen molar-refractivity contribution in [1.82, 2.24) is 0 Å². The van der Waals surface area contributed by atoms with Crippen LogP contribution in [0.2, 0.25) is 0 Å². The highest BCUT2D eigenvalue weighted by molar-refractivity contribution is 5.36. The number of ether oxygens (including phenoxy) is 1. The molecule has 3 unspecified atom stereocenters. The highest BCUT2D eigenvalue weighted by Crippen LogP contribution is 2.39. The maximum atomic E-state index is 10.8. The van der Waals surface area contributed by atoms with E-state index in [1.54, 1.807) is 30.3 Å². The lowest BCUT2D eigenvalue weighted by Crippen LogP contribution is -2.27. The van der Waals surface area contributed by atoms with Gasteiger partial charge in [0.2, 0.25) is 0 Å². The Morgan fingerprint density at radius 3 is 2.65 bits per heavy atom. The minimum atomic E-state index is -0.681. The van der Waals surface area contributed by atoms with Crippen LogP contribution >= 0.6 is 0 Å². The molecule has 0 radical (unpaired) electrons. The van der Waals surface area contributed by atoms with E-state index in [0.717, 1.165) is 5.56 Å². The van der Waals surface area contributed by atoms with Gasteiger partial charge in [0.25, 0.3) is 0 Å². The molecule has 3 nitrogen and oxygen atoms in total. The Morgan fingerprint density at radius 1 is 1.22 bits per heavy atom. The highest BCUT2D eigenvalue weighted by atomic mass is 16.5. The Balaban J connectivity index is 1.90. The lowest BCUT2D eigenvalue weighted by Gasteiger charge is -2.33. The van der Waals surface area contributed by atoms with Crippen molar-refractivity contribution in [2.24, 2.45) is 5.92 Å². The number of fused-ring (bicyclic) bond motifs is 1. The second-order valence-corrected chi connectivity index (χ2v) is 5.81. The minimum Gasteiger partial charge on any atom is -0.388 e. The van der Waals surface area contributed by atoms with Gasteiger partial charge in [-0.3, -0.25) is 0 Å². The smallest absolute Gasteiger partial charge is 0.0991 e. The first-order valence-corrected chi connectivity index (χ1v) is 7.71. The van der Waals surface area contributed by atoms with E-state index in [-0.39, 0.29) is 11.8 Å². The van der Waals surface area contributed by atoms with Crippen molar-refractivity contribution in [3.8, 4) is 6.07 Å². The Kier molecular flexibility index (Phi) is 4.57. The van der Waals surface area contributed by atoms with E-state index in [1.807, 2.05) is 12.1 Å². The first-order valence-electron chi connectivity index (χ1n) is 7.71. The van der Waals surface area contributed by atoms with Crippen LogP contribution in [-0.4, -0.2) is 11.7 Å². The van der Waals surface area contributed by atoms with Gasteiger partial charge in [0.15, 0.2) is 0 Å². The van der Waals surface area contributed by atoms with E-state index in [0.29, 0.717) is 18.8 Å². The fourth-order valence-corrected chi connectivity index (χ4v) is 3.22. The first-order chi connectivity index (χ1) is 11.2. The van der Waals surface area contributed by atoms with Crippen LogP contribution in [0, 0.1) is 17.2 Å². The number of hydrogen-bond donors (Lipinski definition) is 1. The zero-order chi connectivity index (χ0) is 16.2. The van der Waals surface area contributed by atoms with Gasteiger partial charge in [-0.1, -0.05) is 42.5 Å². The van der Waals surface area contributed by atoms with Crippen LogP contribution in [0.15, 0.2) is 61.2 Å². The Morgan fingerprint density at radius 2 is 1.96 bits per heavy atom. The Labute approximate surface area is 136 Å². The molecule has 1 aliphatic rings. The molecule has 0 amide bonds. The summed E-state index contributed by atoms with van der Waals surface area (Å²) in [6.45, 7) is 5.11. The van der Waals surface area contributed by atoms with Crippen LogP contribution in [0.5, 0.6) is 0 Å². The molecule has 0 bridgehead atoms. The number of aliphatic hydroxyl groups is 1. The summed E-state index contributed by atoms with van der Waals surface area (Å²) in [5.74, 6) is -0.0764. The van der Waals surface area contributed by atoms with Crippen LogP contribution in [0.25, 0.3) is 0 Å². The molecular formula is C20H19NO2. The molecule has 0 spiro atoms. The molecule has 0 saturated heterocycles. The average Bonchev–Trinajstić information content (AvgIpc) is 2.62. The maximum absolute atomic E-state index is 10.8. The number of nitrogens with zero attached hydrogens (tertiary/aromatic N) is 1. The van der Waals surface area contributed by atoms with Crippen molar-refractivity contribution in [3.63, 3.8) is 0 Å². The third-order valence-electron chi connectivity index (χ3n) is 4.49. The second kappa shape index (κ2) is 6.78. The number of aliphatic hydroxyl groups excluding tert-OH is 1. The van der Waals surface area contributed by atoms with E-state index in [1.165, 1.54) is 11.1 Å². The fraction of sp³-hybridized carbons (Fsp3) is 0.250. The van der Waals surface area contributed by atoms with Crippen molar-refractivity contribution in [1.29, 1.82) is 5.26 Å². The van der Waals surface area contributed by atoms with Crippen molar-refractivity contribution in [2.75, 3.05) is 6.61 Å². The summed E-state index contributed by atoms with van der Waals surface area (Å²) in [6.07, 6.45) is 1.12.